The van der Waals surface area contributed by atoms with Crippen LogP contribution in [0.15, 0.2) is 0 Å². The molecule has 11 heteroatoms. The first-order valence-corrected chi connectivity index (χ1v) is 10.7. The SMILES string of the molecule is CCN(CC)C(=O)CC(C)=O.COCCN(CCOC)C(=O)CC(C)=O.[O]=[Mo+2]=[O]. The van der Waals surface area contributed by atoms with Gasteiger partial charge >= 0.3 is 25.3 Å². The van der Waals surface area contributed by atoms with Crippen LogP contribution >= 0.6 is 0 Å². The average molecular weight is 502 g/mol. The quantitative estimate of drug-likeness (QED) is 0.282. The summed E-state index contributed by atoms with van der Waals surface area (Å²) in [6, 6.07) is 0. The van der Waals surface area contributed by atoms with Crippen molar-refractivity contribution in [2.75, 3.05) is 53.6 Å². The zero-order valence-electron chi connectivity index (χ0n) is 18.2. The Kier molecular flexibility index (Phi) is 25.3. The van der Waals surface area contributed by atoms with Crippen LogP contribution in [0.5, 0.6) is 0 Å². The van der Waals surface area contributed by atoms with Crippen LogP contribution in [0.4, 0.5) is 0 Å². The summed E-state index contributed by atoms with van der Waals surface area (Å²) < 4.78 is 26.8. The minimum absolute atomic E-state index is 0.0433. The first kappa shape index (κ1) is 32.2. The number of rotatable bonds is 12. The van der Waals surface area contributed by atoms with Crippen molar-refractivity contribution >= 4 is 23.4 Å². The number of nitrogens with zero attached hydrogens (tertiary/aromatic N) is 2. The molecule has 0 N–H and O–H groups in total. The number of hydrogen-bond donors (Lipinski definition) is 0. The number of hydrogen-bond acceptors (Lipinski definition) is 8. The molecule has 10 nitrogen and oxygen atoms in total. The summed E-state index contributed by atoms with van der Waals surface area (Å²) in [5.74, 6) is -0.430. The van der Waals surface area contributed by atoms with Gasteiger partial charge in [-0.2, -0.15) is 0 Å². The molecule has 0 aliphatic rings. The Labute approximate surface area is 181 Å². The molecule has 0 aliphatic carbocycles. The summed E-state index contributed by atoms with van der Waals surface area (Å²) in [5.41, 5.74) is 0. The van der Waals surface area contributed by atoms with E-state index in [-0.39, 0.29) is 36.2 Å². The summed E-state index contributed by atoms with van der Waals surface area (Å²) in [5, 5.41) is 0. The van der Waals surface area contributed by atoms with E-state index in [1.165, 1.54) is 13.8 Å². The molecule has 0 rings (SSSR count). The van der Waals surface area contributed by atoms with Gasteiger partial charge in [-0.3, -0.25) is 19.2 Å². The number of carbonyl (C=O) groups excluding carboxylic acids is 4. The second-order valence-corrected chi connectivity index (χ2v) is 6.09. The average Bonchev–Trinajstić information content (AvgIpc) is 2.63. The van der Waals surface area contributed by atoms with Crippen molar-refractivity contribution in [3.05, 3.63) is 0 Å². The van der Waals surface area contributed by atoms with Gasteiger partial charge in [0.05, 0.1) is 26.1 Å². The van der Waals surface area contributed by atoms with Crippen LogP contribution in [0, 0.1) is 0 Å². The predicted octanol–water partition coefficient (Wildman–Crippen LogP) is 0.681. The Hall–Kier alpha value is -1.51. The maximum absolute atomic E-state index is 11.6. The van der Waals surface area contributed by atoms with Crippen LogP contribution in [0.3, 0.4) is 0 Å². The molecule has 168 valence electrons. The molecule has 0 atom stereocenters. The number of ketones is 2. The van der Waals surface area contributed by atoms with E-state index in [1.54, 1.807) is 24.0 Å². The normalized spacial score (nSPS) is 9.03. The van der Waals surface area contributed by atoms with E-state index in [0.717, 1.165) is 0 Å². The molecule has 29 heavy (non-hydrogen) atoms. The van der Waals surface area contributed by atoms with Gasteiger partial charge in [-0.1, -0.05) is 0 Å². The van der Waals surface area contributed by atoms with Gasteiger partial charge in [-0.05, 0) is 27.7 Å². The number of amides is 2. The molecule has 0 unspecified atom stereocenters. The Morgan fingerprint density at radius 2 is 1.03 bits per heavy atom. The first-order valence-electron chi connectivity index (χ1n) is 9.08. The van der Waals surface area contributed by atoms with Crippen LogP contribution in [0.25, 0.3) is 0 Å². The van der Waals surface area contributed by atoms with Crippen LogP contribution in [-0.4, -0.2) is 86.8 Å². The fourth-order valence-electron chi connectivity index (χ4n) is 1.99. The van der Waals surface area contributed by atoms with Crippen LogP contribution in [0.1, 0.15) is 40.5 Å². The third-order valence-electron chi connectivity index (χ3n) is 3.40. The zero-order valence-corrected chi connectivity index (χ0v) is 20.2. The Bertz CT molecular complexity index is 510. The molecule has 0 aromatic rings. The van der Waals surface area contributed by atoms with Gasteiger partial charge in [-0.15, -0.1) is 0 Å². The maximum atomic E-state index is 11.6. The molecule has 0 radical (unpaired) electrons. The molecular formula is C18H34MoN2O8+2. The molecule has 0 aromatic heterocycles. The molecule has 0 bridgehead atoms. The monoisotopic (exact) mass is 504 g/mol. The van der Waals surface area contributed by atoms with Crippen molar-refractivity contribution in [1.82, 2.24) is 9.80 Å². The van der Waals surface area contributed by atoms with Gasteiger partial charge in [0, 0.05) is 40.4 Å². The molecule has 0 aromatic carbocycles. The van der Waals surface area contributed by atoms with Gasteiger partial charge in [-0.25, -0.2) is 0 Å². The minimum atomic E-state index is -2.03. The predicted molar refractivity (Wildman–Crippen MR) is 100 cm³/mol. The van der Waals surface area contributed by atoms with Gasteiger partial charge in [0.15, 0.2) is 0 Å². The third kappa shape index (κ3) is 22.6. The van der Waals surface area contributed by atoms with Crippen molar-refractivity contribution in [3.63, 3.8) is 0 Å². The molecule has 0 fully saturated rings. The topological polar surface area (TPSA) is 127 Å². The van der Waals surface area contributed by atoms with Crippen LogP contribution in [-0.2, 0) is 53.9 Å². The van der Waals surface area contributed by atoms with Crippen molar-refractivity contribution < 1.29 is 53.9 Å². The van der Waals surface area contributed by atoms with E-state index in [4.69, 9.17) is 16.3 Å². The standard InChI is InChI=1S/C10H19NO4.C8H15NO2.Mo.2O/c1-9(12)8-10(13)11(4-6-14-2)5-7-15-3;1-4-9(5-2)8(11)6-7(3)10;;;/h4-8H2,1-3H3;4-6H2,1-3H3;;;/q;;+2;;. The van der Waals surface area contributed by atoms with Gasteiger partial charge < -0.3 is 19.3 Å². The van der Waals surface area contributed by atoms with Crippen molar-refractivity contribution in [2.45, 2.75) is 40.5 Å². The fourth-order valence-corrected chi connectivity index (χ4v) is 1.99. The van der Waals surface area contributed by atoms with Gasteiger partial charge in [0.25, 0.3) is 0 Å². The molecule has 0 saturated heterocycles. The fraction of sp³-hybridized carbons (Fsp3) is 0.778. The Balaban J connectivity index is -0.000000424. The van der Waals surface area contributed by atoms with E-state index in [9.17, 15) is 19.2 Å². The van der Waals surface area contributed by atoms with E-state index >= 15 is 0 Å². The molecule has 2 amide bonds. The number of Topliss-reactive ketones (excluding diaryl/α,β-unsaturated/α-hetero) is 2. The molecule has 0 aliphatic heterocycles. The summed E-state index contributed by atoms with van der Waals surface area (Å²) in [6.07, 6.45) is -0.00485. The van der Waals surface area contributed by atoms with Crippen LogP contribution < -0.4 is 0 Å². The summed E-state index contributed by atoms with van der Waals surface area (Å²) in [7, 11) is 3.15. The van der Waals surface area contributed by atoms with E-state index in [2.05, 4.69) is 0 Å². The van der Waals surface area contributed by atoms with E-state index in [1.807, 2.05) is 13.8 Å². The zero-order chi connectivity index (χ0) is 23.2. The van der Waals surface area contributed by atoms with Crippen molar-refractivity contribution in [3.8, 4) is 0 Å². The molecule has 0 saturated carbocycles. The first-order chi connectivity index (χ1) is 13.6. The van der Waals surface area contributed by atoms with Crippen molar-refractivity contribution in [2.24, 2.45) is 0 Å². The third-order valence-corrected chi connectivity index (χ3v) is 3.40. The number of methoxy groups -OCH3 is 2. The molecule has 0 heterocycles. The van der Waals surface area contributed by atoms with Crippen LogP contribution in [0.2, 0.25) is 0 Å². The van der Waals surface area contributed by atoms with Gasteiger partial charge in [0.2, 0.25) is 11.8 Å². The number of ether oxygens (including phenoxy) is 2. The molecule has 0 spiro atoms. The van der Waals surface area contributed by atoms with E-state index < -0.39 is 18.5 Å². The Morgan fingerprint density at radius 3 is 1.28 bits per heavy atom. The van der Waals surface area contributed by atoms with Gasteiger partial charge in [0.1, 0.15) is 11.6 Å². The van der Waals surface area contributed by atoms with Crippen molar-refractivity contribution in [1.29, 1.82) is 0 Å². The number of carbonyl (C=O) groups is 4. The second-order valence-electron chi connectivity index (χ2n) is 5.76. The van der Waals surface area contributed by atoms with E-state index in [0.29, 0.717) is 39.4 Å². The Morgan fingerprint density at radius 1 is 0.724 bits per heavy atom. The summed E-state index contributed by atoms with van der Waals surface area (Å²) >= 11 is -2.03. The summed E-state index contributed by atoms with van der Waals surface area (Å²) in [4.78, 5) is 47.3. The second kappa shape index (κ2) is 22.8. The molecular weight excluding hydrogens is 468 g/mol. The summed E-state index contributed by atoms with van der Waals surface area (Å²) in [6.45, 7) is 9.93.